The van der Waals surface area contributed by atoms with E-state index >= 15 is 70.2 Å². The predicted molar refractivity (Wildman–Crippen MR) is 206 cm³/mol. The van der Waals surface area contributed by atoms with Crippen molar-refractivity contribution < 1.29 is 87.8 Å². The number of rotatable bonds is 4. The van der Waals surface area contributed by atoms with Gasteiger partial charge in [-0.3, -0.25) is 0 Å². The van der Waals surface area contributed by atoms with Crippen LogP contribution < -0.4 is 21.3 Å². The molecule has 4 N–H and O–H groups in total. The summed E-state index contributed by atoms with van der Waals surface area (Å²) in [6.07, 6.45) is -65.2. The quantitative estimate of drug-likeness (QED) is 0.216. The summed E-state index contributed by atoms with van der Waals surface area (Å²) in [4.78, 5) is 0. The summed E-state index contributed by atoms with van der Waals surface area (Å²) >= 11 is 0. The Kier molecular flexibility index (Phi) is 14.6. The van der Waals surface area contributed by atoms with Gasteiger partial charge in [-0.2, -0.15) is 0 Å². The van der Waals surface area contributed by atoms with E-state index in [1.165, 1.54) is 0 Å². The van der Waals surface area contributed by atoms with Gasteiger partial charge in [-0.1, -0.05) is 0 Å². The van der Waals surface area contributed by atoms with Crippen molar-refractivity contribution in [2.45, 2.75) is 198 Å². The van der Waals surface area contributed by atoms with Crippen molar-refractivity contribution in [3.63, 3.8) is 0 Å². The molecule has 9 fully saturated rings. The molecule has 24 heteroatoms. The van der Waals surface area contributed by atoms with Gasteiger partial charge in [-0.25, -0.2) is 87.8 Å². The zero-order valence-corrected chi connectivity index (χ0v) is 36.0. The van der Waals surface area contributed by atoms with Crippen molar-refractivity contribution >= 4 is 0 Å². The van der Waals surface area contributed by atoms with Crippen molar-refractivity contribution in [3.05, 3.63) is 0 Å². The first-order chi connectivity index (χ1) is 32.1. The Morgan fingerprint density at radius 1 is 0.206 bits per heavy atom. The second kappa shape index (κ2) is 19.4. The fourth-order valence-electron chi connectivity index (χ4n) is 15.2. The van der Waals surface area contributed by atoms with E-state index in [2.05, 4.69) is 21.3 Å². The van der Waals surface area contributed by atoms with Gasteiger partial charge in [0.1, 0.15) is 49.4 Å². The fourth-order valence-corrected chi connectivity index (χ4v) is 15.2. The highest BCUT2D eigenvalue weighted by Gasteiger charge is 2.66. The molecule has 392 valence electrons. The van der Waals surface area contributed by atoms with Gasteiger partial charge < -0.3 is 21.3 Å². The molecule has 9 aliphatic rings. The van der Waals surface area contributed by atoms with Crippen LogP contribution in [0.3, 0.4) is 0 Å². The maximum Gasteiger partial charge on any atom is 0.168 e. The smallest absolute Gasteiger partial charge is 0.168 e. The van der Waals surface area contributed by atoms with E-state index in [4.69, 9.17) is 0 Å². The third kappa shape index (κ3) is 8.15. The minimum absolute atomic E-state index is 0.267. The molecule has 5 saturated heterocycles. The molecule has 28 atom stereocenters. The highest BCUT2D eigenvalue weighted by atomic mass is 19.2. The van der Waals surface area contributed by atoms with E-state index < -0.39 is 245 Å². The molecule has 0 radical (unpaired) electrons. The maximum atomic E-state index is 16.2. The third-order valence-electron chi connectivity index (χ3n) is 18.3. The summed E-state index contributed by atoms with van der Waals surface area (Å²) in [6, 6.07) is -8.15. The lowest BCUT2D eigenvalue weighted by Crippen LogP contribution is -2.62. The van der Waals surface area contributed by atoms with Gasteiger partial charge in [0.25, 0.3) is 0 Å². The molecular formula is C44H56F20N4. The first-order valence-electron chi connectivity index (χ1n) is 23.9. The lowest BCUT2D eigenvalue weighted by Gasteiger charge is -2.47. The van der Waals surface area contributed by atoms with E-state index in [0.717, 1.165) is 0 Å². The molecule has 0 aromatic heterocycles. The summed E-state index contributed by atoms with van der Waals surface area (Å²) in [7, 11) is 0. The van der Waals surface area contributed by atoms with Gasteiger partial charge in [0, 0.05) is 59.9 Å². The lowest BCUT2D eigenvalue weighted by atomic mass is 9.65. The van der Waals surface area contributed by atoms with E-state index in [-0.39, 0.29) is 25.7 Å². The number of fused-ring (bicyclic) bond motifs is 8. The topological polar surface area (TPSA) is 48.1 Å². The summed E-state index contributed by atoms with van der Waals surface area (Å²) in [5, 5.41) is 11.9. The maximum absolute atomic E-state index is 16.2. The normalized spacial score (nSPS) is 62.3. The Bertz CT molecular complexity index is 1390. The minimum atomic E-state index is -3.26. The molecule has 4 nitrogen and oxygen atoms in total. The molecular weight excluding hydrogens is 964 g/mol. The molecule has 0 aromatic rings. The van der Waals surface area contributed by atoms with Crippen LogP contribution >= 0.6 is 0 Å². The first kappa shape index (κ1) is 51.3. The molecule has 0 spiro atoms. The zero-order valence-electron chi connectivity index (χ0n) is 36.0. The van der Waals surface area contributed by atoms with Crippen molar-refractivity contribution in [2.24, 2.45) is 59.2 Å². The molecule has 4 aliphatic carbocycles. The van der Waals surface area contributed by atoms with E-state index in [0.29, 0.717) is 0 Å². The Hall–Kier alpha value is -1.56. The monoisotopic (exact) mass is 1020 g/mol. The van der Waals surface area contributed by atoms with Gasteiger partial charge in [0.2, 0.25) is 0 Å². The molecule has 68 heavy (non-hydrogen) atoms. The Morgan fingerprint density at radius 3 is 0.632 bits per heavy atom. The molecule has 28 unspecified atom stereocenters. The Morgan fingerprint density at radius 2 is 0.397 bits per heavy atom. The number of hydrogen-bond acceptors (Lipinski definition) is 4. The SMILES string of the molecule is FC1C(F)C(F)C(C2C3CNC(C3)C(C3C(F)C(F)C(F)C(F)C3F)C3CCC(N3)C(C3C(F)C(F)C(F)C(F)C3F)C3CNC(C3)C(C3C(F)C(F)C(F)C(F)C3F)C3CCC2N3)C(F)C1F. The van der Waals surface area contributed by atoms with Crippen LogP contribution in [0.15, 0.2) is 0 Å². The zero-order chi connectivity index (χ0) is 49.3. The molecule has 5 aliphatic heterocycles. The van der Waals surface area contributed by atoms with Crippen LogP contribution in [0, 0.1) is 59.2 Å². The third-order valence-corrected chi connectivity index (χ3v) is 18.3. The number of alkyl halides is 20. The summed E-state index contributed by atoms with van der Waals surface area (Å²) < 4.78 is 311. The summed E-state index contributed by atoms with van der Waals surface area (Å²) in [5.41, 5.74) is 0. The van der Waals surface area contributed by atoms with Gasteiger partial charge >= 0.3 is 0 Å². The Balaban J connectivity index is 1.17. The van der Waals surface area contributed by atoms with Gasteiger partial charge in [0.05, 0.1) is 0 Å². The average molecular weight is 1020 g/mol. The minimum Gasteiger partial charge on any atom is -0.313 e. The predicted octanol–water partition coefficient (Wildman–Crippen LogP) is 7.94. The first-order valence-corrected chi connectivity index (χ1v) is 23.9. The molecule has 9 rings (SSSR count). The van der Waals surface area contributed by atoms with E-state index in [9.17, 15) is 17.6 Å². The van der Waals surface area contributed by atoms with Crippen LogP contribution in [0.25, 0.3) is 0 Å². The summed E-state index contributed by atoms with van der Waals surface area (Å²) in [6.45, 7) is -0.836. The van der Waals surface area contributed by atoms with Crippen molar-refractivity contribution in [1.82, 2.24) is 21.3 Å². The van der Waals surface area contributed by atoms with Crippen LogP contribution in [0.2, 0.25) is 0 Å². The van der Waals surface area contributed by atoms with Crippen molar-refractivity contribution in [2.75, 3.05) is 13.1 Å². The van der Waals surface area contributed by atoms with Crippen LogP contribution in [0.5, 0.6) is 0 Å². The van der Waals surface area contributed by atoms with Gasteiger partial charge in [-0.15, -0.1) is 0 Å². The molecule has 0 aromatic carbocycles. The van der Waals surface area contributed by atoms with Crippen molar-refractivity contribution in [1.29, 1.82) is 0 Å². The second-order valence-electron chi connectivity index (χ2n) is 21.4. The van der Waals surface area contributed by atoms with Crippen LogP contribution in [-0.2, 0) is 0 Å². The average Bonchev–Trinajstić information content (AvgIpc) is 4.18. The van der Waals surface area contributed by atoms with Crippen LogP contribution in [0.4, 0.5) is 87.8 Å². The van der Waals surface area contributed by atoms with E-state index in [1.54, 1.807) is 0 Å². The largest absolute Gasteiger partial charge is 0.313 e. The highest BCUT2D eigenvalue weighted by Crippen LogP contribution is 2.54. The molecule has 5 heterocycles. The van der Waals surface area contributed by atoms with Crippen LogP contribution in [0.1, 0.15) is 38.5 Å². The number of halogens is 20. The van der Waals surface area contributed by atoms with Gasteiger partial charge in [0.15, 0.2) is 74.1 Å². The summed E-state index contributed by atoms with van der Waals surface area (Å²) in [5.74, 6) is -18.4. The second-order valence-corrected chi connectivity index (χ2v) is 21.4. The number of nitrogens with one attached hydrogen (secondary N) is 4. The van der Waals surface area contributed by atoms with Gasteiger partial charge in [-0.05, 0) is 87.1 Å². The van der Waals surface area contributed by atoms with Crippen LogP contribution in [-0.4, -0.2) is 173 Å². The number of hydrogen-bond donors (Lipinski definition) is 4. The Labute approximate surface area is 379 Å². The highest BCUT2D eigenvalue weighted by molar-refractivity contribution is 5.16. The molecule has 0 amide bonds. The molecule has 8 bridgehead atoms. The fraction of sp³-hybridized carbons (Fsp3) is 1.00. The lowest BCUT2D eigenvalue weighted by molar-refractivity contribution is -0.121. The van der Waals surface area contributed by atoms with E-state index in [1.807, 2.05) is 0 Å². The molecule has 4 saturated carbocycles. The standard InChI is InChI=1S/C44H56F20N4/c45-25-21(26(46)34(54)41(61)33(25)53)17-9-5-16(65-7-9)20(24-31(51)39(59)44(64)40(60)32(24)52)14-4-2-12(68-14)18(22-27(47)35(55)42(62)36(56)28(22)48)10-6-15(66-8-10)19(13-3-1-11(17)67-13)23-29(49)37(57)43(63)38(58)30(23)50/h9-44,65-68H,1-8H2. The van der Waals surface area contributed by atoms with Crippen molar-refractivity contribution in [3.8, 4) is 0 Å².